The lowest BCUT2D eigenvalue weighted by molar-refractivity contribution is 1.29. The number of hydrogen-bond acceptors (Lipinski definition) is 2. The van der Waals surface area contributed by atoms with Gasteiger partial charge in [-0.2, -0.15) is 0 Å². The van der Waals surface area contributed by atoms with Crippen molar-refractivity contribution in [1.29, 1.82) is 0 Å². The normalized spacial score (nSPS) is 11.7. The molecule has 0 N–H and O–H groups in total. The molecule has 0 saturated heterocycles. The van der Waals surface area contributed by atoms with Crippen molar-refractivity contribution in [2.24, 2.45) is 0 Å². The minimum Gasteiger partial charge on any atom is -0.310 e. The fourth-order valence-corrected chi connectivity index (χ4v) is 9.52. The second-order valence-electron chi connectivity index (χ2n) is 14.1. The van der Waals surface area contributed by atoms with Gasteiger partial charge in [0.1, 0.15) is 0 Å². The van der Waals surface area contributed by atoms with Crippen LogP contribution in [0.3, 0.4) is 0 Å². The van der Waals surface area contributed by atoms with Crippen LogP contribution >= 0.6 is 11.3 Å². The minimum absolute atomic E-state index is 1.12. The van der Waals surface area contributed by atoms with Crippen molar-refractivity contribution in [3.8, 4) is 22.3 Å². The van der Waals surface area contributed by atoms with Crippen molar-refractivity contribution in [2.45, 2.75) is 0 Å². The van der Waals surface area contributed by atoms with Gasteiger partial charge in [-0.05, 0) is 126 Å². The van der Waals surface area contributed by atoms with E-state index in [0.717, 1.165) is 17.1 Å². The first-order valence-electron chi connectivity index (χ1n) is 18.5. The maximum absolute atomic E-state index is 2.39. The van der Waals surface area contributed by atoms with Crippen LogP contribution in [0.4, 0.5) is 17.1 Å². The second kappa shape index (κ2) is 12.4. The van der Waals surface area contributed by atoms with Crippen LogP contribution in [0.1, 0.15) is 0 Å². The molecule has 11 aromatic rings. The highest BCUT2D eigenvalue weighted by molar-refractivity contribution is 7.25. The van der Waals surface area contributed by atoms with E-state index in [0.29, 0.717) is 0 Å². The minimum atomic E-state index is 1.12. The monoisotopic (exact) mass is 703 g/mol. The second-order valence-corrected chi connectivity index (χ2v) is 15.2. The van der Waals surface area contributed by atoms with E-state index in [1.807, 2.05) is 11.3 Å². The van der Waals surface area contributed by atoms with Gasteiger partial charge in [-0.3, -0.25) is 0 Å². The molecule has 11 rings (SSSR count). The summed E-state index contributed by atoms with van der Waals surface area (Å²) in [4.78, 5) is 2.39. The van der Waals surface area contributed by atoms with Crippen LogP contribution in [-0.2, 0) is 0 Å². The molecule has 0 saturated carbocycles. The molecule has 10 aromatic carbocycles. The Balaban J connectivity index is 1.05. The van der Waals surface area contributed by atoms with E-state index < -0.39 is 0 Å². The highest BCUT2D eigenvalue weighted by Crippen LogP contribution is 2.43. The number of thiophene rings is 1. The first kappa shape index (κ1) is 30.8. The van der Waals surface area contributed by atoms with Crippen LogP contribution in [0.2, 0.25) is 0 Å². The lowest BCUT2D eigenvalue weighted by Crippen LogP contribution is -2.09. The molecule has 1 heterocycles. The third-order valence-electron chi connectivity index (χ3n) is 11.0. The Bertz CT molecular complexity index is 3190. The number of anilines is 3. The summed E-state index contributed by atoms with van der Waals surface area (Å²) < 4.78 is 2.65. The zero-order valence-corrected chi connectivity index (χ0v) is 30.2. The van der Waals surface area contributed by atoms with Gasteiger partial charge in [0.15, 0.2) is 0 Å². The lowest BCUT2D eigenvalue weighted by atomic mass is 9.90. The van der Waals surface area contributed by atoms with Gasteiger partial charge >= 0.3 is 0 Å². The van der Waals surface area contributed by atoms with Gasteiger partial charge < -0.3 is 4.90 Å². The summed E-state index contributed by atoms with van der Waals surface area (Å²) >= 11 is 1.87. The molecule has 2 heteroatoms. The Labute approximate surface area is 317 Å². The Hall–Kier alpha value is -6.74. The highest BCUT2D eigenvalue weighted by atomic mass is 32.1. The Morgan fingerprint density at radius 1 is 0.296 bits per heavy atom. The predicted octanol–water partition coefficient (Wildman–Crippen LogP) is 15.5. The topological polar surface area (TPSA) is 3.24 Å². The summed E-state index contributed by atoms with van der Waals surface area (Å²) in [5.41, 5.74) is 8.24. The maximum atomic E-state index is 2.39. The molecule has 0 spiro atoms. The van der Waals surface area contributed by atoms with Gasteiger partial charge in [0, 0.05) is 37.2 Å². The molecule has 252 valence electrons. The summed E-state index contributed by atoms with van der Waals surface area (Å²) in [6, 6.07) is 73.5. The van der Waals surface area contributed by atoms with Crippen LogP contribution in [0.25, 0.3) is 85.5 Å². The number of nitrogens with zero attached hydrogens (tertiary/aromatic N) is 1. The van der Waals surface area contributed by atoms with E-state index >= 15 is 0 Å². The molecule has 0 aliphatic carbocycles. The number of fused-ring (bicyclic) bond motifs is 9. The third-order valence-corrected chi connectivity index (χ3v) is 12.1. The first-order chi connectivity index (χ1) is 26.7. The average molecular weight is 704 g/mol. The van der Waals surface area contributed by atoms with E-state index in [-0.39, 0.29) is 0 Å². The van der Waals surface area contributed by atoms with Gasteiger partial charge in [0.2, 0.25) is 0 Å². The highest BCUT2D eigenvalue weighted by Gasteiger charge is 2.17. The van der Waals surface area contributed by atoms with E-state index in [2.05, 4.69) is 205 Å². The van der Waals surface area contributed by atoms with E-state index in [1.165, 1.54) is 85.5 Å². The van der Waals surface area contributed by atoms with E-state index in [9.17, 15) is 0 Å². The summed E-state index contributed by atoms with van der Waals surface area (Å²) in [6.45, 7) is 0. The predicted molar refractivity (Wildman–Crippen MR) is 235 cm³/mol. The molecule has 1 nitrogen and oxygen atoms in total. The Morgan fingerprint density at radius 2 is 0.889 bits per heavy atom. The summed E-state index contributed by atoms with van der Waals surface area (Å²) in [5.74, 6) is 0. The average Bonchev–Trinajstić information content (AvgIpc) is 3.60. The van der Waals surface area contributed by atoms with Gasteiger partial charge in [-0.15, -0.1) is 11.3 Å². The van der Waals surface area contributed by atoms with Gasteiger partial charge in [0.25, 0.3) is 0 Å². The molecule has 0 unspecified atom stereocenters. The number of hydrogen-bond donors (Lipinski definition) is 0. The van der Waals surface area contributed by atoms with Crippen LogP contribution < -0.4 is 4.90 Å². The van der Waals surface area contributed by atoms with E-state index in [1.54, 1.807) is 0 Å². The van der Waals surface area contributed by atoms with Gasteiger partial charge in [-0.1, -0.05) is 140 Å². The number of rotatable bonds is 5. The molecular weight excluding hydrogens is 671 g/mol. The van der Waals surface area contributed by atoms with Crippen molar-refractivity contribution >= 4 is 91.7 Å². The molecule has 0 aliphatic rings. The molecule has 0 radical (unpaired) electrons. The Kier molecular flexibility index (Phi) is 7.11. The zero-order valence-electron chi connectivity index (χ0n) is 29.4. The van der Waals surface area contributed by atoms with Crippen LogP contribution in [0.15, 0.2) is 200 Å². The van der Waals surface area contributed by atoms with Crippen molar-refractivity contribution < 1.29 is 0 Å². The smallest absolute Gasteiger partial charge is 0.0468 e. The molecule has 0 aliphatic heterocycles. The van der Waals surface area contributed by atoms with Crippen LogP contribution in [-0.4, -0.2) is 0 Å². The fraction of sp³-hybridized carbons (Fsp3) is 0. The van der Waals surface area contributed by atoms with Crippen molar-refractivity contribution in [3.63, 3.8) is 0 Å². The standard InChI is InChI=1S/C52H33NS/c1-2-10-34(11-3-1)35-20-25-41(26-21-35)53(43-29-24-38-31-49-46-15-8-9-17-50(46)54-51(49)33-40(38)30-43)42-27-22-37(23-28-42)48-32-39-19-18-36-12-4-5-13-44(36)52(39)47-16-7-6-14-45(47)48/h1-33H. The lowest BCUT2D eigenvalue weighted by Gasteiger charge is -2.26. The SMILES string of the molecule is c1ccc(-c2ccc(N(c3ccc(-c4cc5ccc6ccccc6c5c5ccccc45)cc3)c3ccc4cc5c(cc4c3)sc3ccccc35)cc2)cc1. The Morgan fingerprint density at radius 3 is 1.69 bits per heavy atom. The van der Waals surface area contributed by atoms with Gasteiger partial charge in [-0.25, -0.2) is 0 Å². The van der Waals surface area contributed by atoms with Crippen LogP contribution in [0.5, 0.6) is 0 Å². The molecule has 0 fully saturated rings. The largest absolute Gasteiger partial charge is 0.310 e. The first-order valence-corrected chi connectivity index (χ1v) is 19.3. The molecule has 1 aromatic heterocycles. The van der Waals surface area contributed by atoms with Gasteiger partial charge in [0.05, 0.1) is 0 Å². The zero-order chi connectivity index (χ0) is 35.6. The summed E-state index contributed by atoms with van der Waals surface area (Å²) in [6.07, 6.45) is 0. The molecule has 0 bridgehead atoms. The fourth-order valence-electron chi connectivity index (χ4n) is 8.38. The third kappa shape index (κ3) is 5.07. The van der Waals surface area contributed by atoms with Crippen molar-refractivity contribution in [1.82, 2.24) is 0 Å². The van der Waals surface area contributed by atoms with Crippen molar-refractivity contribution in [2.75, 3.05) is 4.90 Å². The van der Waals surface area contributed by atoms with E-state index in [4.69, 9.17) is 0 Å². The summed E-state index contributed by atoms with van der Waals surface area (Å²) in [7, 11) is 0. The van der Waals surface area contributed by atoms with Crippen LogP contribution in [0, 0.1) is 0 Å². The quantitative estimate of drug-likeness (QED) is 0.161. The molecule has 0 amide bonds. The summed E-state index contributed by atoms with van der Waals surface area (Å²) in [5, 5.41) is 12.8. The molecule has 0 atom stereocenters. The maximum Gasteiger partial charge on any atom is 0.0468 e. The van der Waals surface area contributed by atoms with Crippen molar-refractivity contribution in [3.05, 3.63) is 200 Å². The molecular formula is C52H33NS. The molecule has 54 heavy (non-hydrogen) atoms. The number of benzene rings is 10.